The van der Waals surface area contributed by atoms with Crippen LogP contribution in [-0.4, -0.2) is 32.6 Å². The molecular weight excluding hydrogens is 306 g/mol. The van der Waals surface area contributed by atoms with E-state index in [1.807, 2.05) is 29.3 Å². The highest BCUT2D eigenvalue weighted by atomic mass is 35.5. The van der Waals surface area contributed by atoms with Gasteiger partial charge in [0, 0.05) is 48.7 Å². The molecule has 1 N–H and O–H groups in total. The van der Waals surface area contributed by atoms with Crippen molar-refractivity contribution in [1.29, 1.82) is 0 Å². The van der Waals surface area contributed by atoms with Gasteiger partial charge in [-0.15, -0.1) is 11.3 Å². The van der Waals surface area contributed by atoms with Crippen LogP contribution >= 0.6 is 22.9 Å². The van der Waals surface area contributed by atoms with E-state index in [4.69, 9.17) is 11.6 Å². The second-order valence-corrected chi connectivity index (χ2v) is 7.14. The maximum Gasteiger partial charge on any atom is 0.137 e. The molecule has 4 nitrogen and oxygen atoms in total. The molecule has 3 heterocycles. The number of aliphatic hydroxyl groups is 1. The van der Waals surface area contributed by atoms with E-state index in [0.717, 1.165) is 43.3 Å². The minimum Gasteiger partial charge on any atom is -0.385 e. The molecular formula is C15H20ClN3OS. The quantitative estimate of drug-likeness (QED) is 0.939. The average Bonchev–Trinajstić information content (AvgIpc) is 3.07. The van der Waals surface area contributed by atoms with E-state index in [1.54, 1.807) is 17.5 Å². The maximum absolute atomic E-state index is 10.6. The van der Waals surface area contributed by atoms with Crippen molar-refractivity contribution in [3.8, 4) is 0 Å². The standard InChI is InChI=1S/C15H20ClN3OS/c1-18-6-4-17-15(18)14(20)11-3-2-5-19(8-11)9-13-7-12(16)10-21-13/h4,6-7,10-11,14,20H,2-3,5,8-9H2,1H3/t11-,14+/m0/s1. The summed E-state index contributed by atoms with van der Waals surface area (Å²) in [5.74, 6) is 1.01. The van der Waals surface area contributed by atoms with Gasteiger partial charge in [-0.3, -0.25) is 4.90 Å². The van der Waals surface area contributed by atoms with E-state index in [0.29, 0.717) is 0 Å². The summed E-state index contributed by atoms with van der Waals surface area (Å²) in [6.45, 7) is 2.91. The largest absolute Gasteiger partial charge is 0.385 e. The number of rotatable bonds is 4. The maximum atomic E-state index is 10.6. The van der Waals surface area contributed by atoms with Gasteiger partial charge >= 0.3 is 0 Å². The number of hydrogen-bond acceptors (Lipinski definition) is 4. The molecule has 2 aromatic rings. The number of thiophene rings is 1. The van der Waals surface area contributed by atoms with Crippen LogP contribution in [0.15, 0.2) is 23.8 Å². The first-order chi connectivity index (χ1) is 10.1. The van der Waals surface area contributed by atoms with Crippen LogP contribution in [0.25, 0.3) is 0 Å². The number of piperidine rings is 1. The zero-order valence-electron chi connectivity index (χ0n) is 12.1. The molecule has 0 radical (unpaired) electrons. The van der Waals surface area contributed by atoms with Gasteiger partial charge in [0.1, 0.15) is 11.9 Å². The third kappa shape index (κ3) is 3.48. The summed E-state index contributed by atoms with van der Waals surface area (Å²) in [5.41, 5.74) is 0. The molecule has 1 fully saturated rings. The van der Waals surface area contributed by atoms with Gasteiger partial charge in [0.2, 0.25) is 0 Å². The summed E-state index contributed by atoms with van der Waals surface area (Å²) in [5, 5.41) is 13.4. The summed E-state index contributed by atoms with van der Waals surface area (Å²) >= 11 is 7.68. The molecule has 0 saturated carbocycles. The molecule has 0 aromatic carbocycles. The smallest absolute Gasteiger partial charge is 0.137 e. The number of hydrogen-bond donors (Lipinski definition) is 1. The normalized spacial score (nSPS) is 21.6. The number of likely N-dealkylation sites (tertiary alicyclic amines) is 1. The van der Waals surface area contributed by atoms with Gasteiger partial charge < -0.3 is 9.67 Å². The van der Waals surface area contributed by atoms with Crippen LogP contribution in [-0.2, 0) is 13.6 Å². The van der Waals surface area contributed by atoms with Crippen molar-refractivity contribution >= 4 is 22.9 Å². The first-order valence-electron chi connectivity index (χ1n) is 7.24. The number of aromatic nitrogens is 2. The first kappa shape index (κ1) is 15.0. The minimum atomic E-state index is -0.486. The van der Waals surface area contributed by atoms with Crippen molar-refractivity contribution in [1.82, 2.24) is 14.5 Å². The van der Waals surface area contributed by atoms with Crippen LogP contribution in [0, 0.1) is 5.92 Å². The van der Waals surface area contributed by atoms with Gasteiger partial charge in [-0.05, 0) is 25.5 Å². The first-order valence-corrected chi connectivity index (χ1v) is 8.50. The molecule has 1 saturated heterocycles. The zero-order chi connectivity index (χ0) is 14.8. The summed E-state index contributed by atoms with van der Waals surface area (Å²) in [4.78, 5) is 7.97. The number of aryl methyl sites for hydroxylation is 1. The predicted molar refractivity (Wildman–Crippen MR) is 85.5 cm³/mol. The summed E-state index contributed by atoms with van der Waals surface area (Å²) in [7, 11) is 1.93. The third-order valence-electron chi connectivity index (χ3n) is 4.11. The Bertz CT molecular complexity index is 597. The topological polar surface area (TPSA) is 41.3 Å². The lowest BCUT2D eigenvalue weighted by molar-refractivity contribution is 0.0408. The van der Waals surface area contributed by atoms with Crippen LogP contribution in [0.3, 0.4) is 0 Å². The van der Waals surface area contributed by atoms with Crippen LogP contribution in [0.2, 0.25) is 5.02 Å². The lowest BCUT2D eigenvalue weighted by Crippen LogP contribution is -2.37. The Labute approximate surface area is 134 Å². The minimum absolute atomic E-state index is 0.246. The van der Waals surface area contributed by atoms with Crippen molar-refractivity contribution in [2.24, 2.45) is 13.0 Å². The van der Waals surface area contributed by atoms with Gasteiger partial charge in [0.05, 0.1) is 5.02 Å². The molecule has 6 heteroatoms. The number of halogens is 1. The molecule has 0 aliphatic carbocycles. The van der Waals surface area contributed by atoms with Gasteiger partial charge in [-0.2, -0.15) is 0 Å². The molecule has 2 aromatic heterocycles. The Balaban J connectivity index is 1.64. The molecule has 1 aliphatic rings. The van der Waals surface area contributed by atoms with Crippen LogP contribution in [0.4, 0.5) is 0 Å². The van der Waals surface area contributed by atoms with Gasteiger partial charge in [-0.1, -0.05) is 11.6 Å². The Morgan fingerprint density at radius 1 is 1.57 bits per heavy atom. The summed E-state index contributed by atoms with van der Waals surface area (Å²) < 4.78 is 1.91. The molecule has 0 amide bonds. The Kier molecular flexibility index (Phi) is 4.64. The molecule has 21 heavy (non-hydrogen) atoms. The number of nitrogens with zero attached hydrogens (tertiary/aromatic N) is 3. The molecule has 1 aliphatic heterocycles. The number of imidazole rings is 1. The molecule has 0 bridgehead atoms. The van der Waals surface area contributed by atoms with Crippen LogP contribution in [0.5, 0.6) is 0 Å². The highest BCUT2D eigenvalue weighted by molar-refractivity contribution is 7.10. The van der Waals surface area contributed by atoms with E-state index in [2.05, 4.69) is 9.88 Å². The fraction of sp³-hybridized carbons (Fsp3) is 0.533. The molecule has 3 rings (SSSR count). The van der Waals surface area contributed by atoms with Crippen LogP contribution < -0.4 is 0 Å². The lowest BCUT2D eigenvalue weighted by Gasteiger charge is -2.34. The second-order valence-electron chi connectivity index (χ2n) is 5.71. The SMILES string of the molecule is Cn1ccnc1[C@H](O)[C@H]1CCCN(Cc2cc(Cl)cs2)C1. The third-order valence-corrected chi connectivity index (χ3v) is 5.38. The van der Waals surface area contributed by atoms with E-state index in [9.17, 15) is 5.11 Å². The van der Waals surface area contributed by atoms with Crippen LogP contribution in [0.1, 0.15) is 29.6 Å². The van der Waals surface area contributed by atoms with Crippen molar-refractivity contribution in [3.05, 3.63) is 39.6 Å². The second kappa shape index (κ2) is 6.48. The van der Waals surface area contributed by atoms with Crippen molar-refractivity contribution < 1.29 is 5.11 Å². The fourth-order valence-corrected chi connectivity index (χ4v) is 4.14. The molecule has 0 spiro atoms. The fourth-order valence-electron chi connectivity index (χ4n) is 3.02. The Morgan fingerprint density at radius 3 is 3.10 bits per heavy atom. The number of aliphatic hydroxyl groups excluding tert-OH is 1. The van der Waals surface area contributed by atoms with Crippen molar-refractivity contribution in [2.75, 3.05) is 13.1 Å². The Hall–Kier alpha value is -0.880. The molecule has 0 unspecified atom stereocenters. The van der Waals surface area contributed by atoms with Gasteiger partial charge in [0.15, 0.2) is 0 Å². The monoisotopic (exact) mass is 325 g/mol. The Morgan fingerprint density at radius 2 is 2.43 bits per heavy atom. The van der Waals surface area contributed by atoms with Crippen molar-refractivity contribution in [2.45, 2.75) is 25.5 Å². The van der Waals surface area contributed by atoms with Crippen molar-refractivity contribution in [3.63, 3.8) is 0 Å². The summed E-state index contributed by atoms with van der Waals surface area (Å²) in [6.07, 6.45) is 5.31. The average molecular weight is 326 g/mol. The zero-order valence-corrected chi connectivity index (χ0v) is 13.6. The van der Waals surface area contributed by atoms with E-state index in [-0.39, 0.29) is 5.92 Å². The molecule has 2 atom stereocenters. The van der Waals surface area contributed by atoms with Gasteiger partial charge in [0.25, 0.3) is 0 Å². The summed E-state index contributed by atoms with van der Waals surface area (Å²) in [6, 6.07) is 2.03. The highest BCUT2D eigenvalue weighted by Gasteiger charge is 2.29. The predicted octanol–water partition coefficient (Wildman–Crippen LogP) is 3.08. The van der Waals surface area contributed by atoms with E-state index in [1.165, 1.54) is 4.88 Å². The highest BCUT2D eigenvalue weighted by Crippen LogP contribution is 2.30. The lowest BCUT2D eigenvalue weighted by atomic mass is 9.92. The van der Waals surface area contributed by atoms with E-state index < -0.39 is 6.10 Å². The molecule has 114 valence electrons. The van der Waals surface area contributed by atoms with E-state index >= 15 is 0 Å². The van der Waals surface area contributed by atoms with Gasteiger partial charge in [-0.25, -0.2) is 4.98 Å².